The van der Waals surface area contributed by atoms with Gasteiger partial charge in [-0.05, 0) is 77.6 Å². The first kappa shape index (κ1) is 34.8. The second-order valence-electron chi connectivity index (χ2n) is 11.9. The molecule has 1 saturated heterocycles. The quantitative estimate of drug-likeness (QED) is 0.155. The van der Waals surface area contributed by atoms with Crippen molar-refractivity contribution in [3.63, 3.8) is 0 Å². The van der Waals surface area contributed by atoms with Crippen LogP contribution in [0.4, 0.5) is 11.4 Å². The maximum absolute atomic E-state index is 9.44. The van der Waals surface area contributed by atoms with Crippen molar-refractivity contribution in [3.05, 3.63) is 142 Å². The minimum atomic E-state index is -1.88. The van der Waals surface area contributed by atoms with Crippen molar-refractivity contribution in [2.45, 2.75) is 55.4 Å². The molecular formula is C39H43Cl2N2ORu-. The first-order chi connectivity index (χ1) is 21.4. The van der Waals surface area contributed by atoms with Crippen molar-refractivity contribution in [2.75, 3.05) is 22.9 Å². The molecule has 6 rings (SSSR count). The van der Waals surface area contributed by atoms with Crippen molar-refractivity contribution in [3.8, 4) is 0 Å². The van der Waals surface area contributed by atoms with Crippen molar-refractivity contribution >= 4 is 46.2 Å². The fraction of sp³-hybridized carbons (Fsp3) is 0.256. The number of benzene rings is 4. The van der Waals surface area contributed by atoms with E-state index in [2.05, 4.69) is 119 Å². The van der Waals surface area contributed by atoms with Gasteiger partial charge in [-0.2, -0.15) is 6.67 Å². The van der Waals surface area contributed by atoms with Crippen LogP contribution in [-0.4, -0.2) is 23.0 Å². The number of ketones is 1. The molecule has 0 amide bonds. The van der Waals surface area contributed by atoms with Crippen molar-refractivity contribution < 1.29 is 18.3 Å². The molecule has 0 unspecified atom stereocenters. The van der Waals surface area contributed by atoms with E-state index < -0.39 is 13.5 Å². The molecular weight excluding hydrogens is 684 g/mol. The monoisotopic (exact) mass is 727 g/mol. The summed E-state index contributed by atoms with van der Waals surface area (Å²) in [4.78, 5) is 14.3. The molecule has 1 heterocycles. The Kier molecular flexibility index (Phi) is 12.0. The molecule has 1 aliphatic carbocycles. The first-order valence-electron chi connectivity index (χ1n) is 15.1. The summed E-state index contributed by atoms with van der Waals surface area (Å²) >= 11 is -1.88. The Balaban J connectivity index is 0.000000187. The summed E-state index contributed by atoms with van der Waals surface area (Å²) in [6, 6.07) is 27.8. The van der Waals surface area contributed by atoms with E-state index in [4.69, 9.17) is 19.4 Å². The average Bonchev–Trinajstić information content (AvgIpc) is 3.58. The van der Waals surface area contributed by atoms with Crippen LogP contribution in [0, 0.1) is 48.2 Å². The number of hydrogen-bond acceptors (Lipinski definition) is 3. The maximum atomic E-state index is 9.44. The van der Waals surface area contributed by atoms with Crippen LogP contribution < -0.4 is 9.80 Å². The molecule has 4 aromatic rings. The molecule has 0 N–H and O–H groups in total. The van der Waals surface area contributed by atoms with Gasteiger partial charge in [0.1, 0.15) is 5.78 Å². The molecule has 0 bridgehead atoms. The molecule has 3 nitrogen and oxygen atoms in total. The summed E-state index contributed by atoms with van der Waals surface area (Å²) in [5.74, 6) is 0.167. The van der Waals surface area contributed by atoms with Crippen molar-refractivity contribution in [1.82, 2.24) is 0 Å². The third-order valence-electron chi connectivity index (χ3n) is 7.67. The van der Waals surface area contributed by atoms with Gasteiger partial charge >= 0.3 is 120 Å². The van der Waals surface area contributed by atoms with E-state index in [-0.39, 0.29) is 5.78 Å². The van der Waals surface area contributed by atoms with E-state index >= 15 is 0 Å². The van der Waals surface area contributed by atoms with Crippen LogP contribution in [0.3, 0.4) is 0 Å². The van der Waals surface area contributed by atoms with E-state index in [9.17, 15) is 4.79 Å². The molecule has 45 heavy (non-hydrogen) atoms. The number of halogens is 2. The molecule has 0 saturated carbocycles. The Morgan fingerprint density at radius 2 is 1.07 bits per heavy atom. The van der Waals surface area contributed by atoms with Gasteiger partial charge in [0.05, 0.1) is 0 Å². The zero-order valence-electron chi connectivity index (χ0n) is 27.5. The molecule has 0 atom stereocenters. The van der Waals surface area contributed by atoms with Crippen LogP contribution in [0.5, 0.6) is 0 Å². The number of carbonyl (C=O) groups is 1. The Labute approximate surface area is 283 Å². The van der Waals surface area contributed by atoms with Gasteiger partial charge in [0.25, 0.3) is 0 Å². The average molecular weight is 728 g/mol. The second kappa shape index (κ2) is 15.5. The Bertz CT molecular complexity index is 1640. The summed E-state index contributed by atoms with van der Waals surface area (Å²) in [6.07, 6.45) is 2.15. The van der Waals surface area contributed by atoms with Gasteiger partial charge in [0.2, 0.25) is 0 Å². The summed E-state index contributed by atoms with van der Waals surface area (Å²) in [5.41, 5.74) is 15.7. The number of nitrogens with zero attached hydrogens (tertiary/aromatic N) is 2. The predicted molar refractivity (Wildman–Crippen MR) is 192 cm³/mol. The molecule has 0 spiro atoms. The van der Waals surface area contributed by atoms with Gasteiger partial charge in [-0.1, -0.05) is 35.4 Å². The van der Waals surface area contributed by atoms with Crippen molar-refractivity contribution in [2.24, 2.45) is 0 Å². The number of hydrogen-bond donors (Lipinski definition) is 0. The number of fused-ring (bicyclic) bond motifs is 1. The standard InChI is InChI=1S/C21H27N2.C15H10.C3H6O.2ClH.Ru/c1-14-9-16(3)20(17(4)10-14)22-7-8-23(13-22)21-18(5)11-15(2)12-19(21)6;1-2-6-12(7-3-1)15-11-10-13-8-4-5-9-14(13)15;1-3(2)4;;;/h9-13H,7-8H2,1-6H3;1-9,11H;1-2H3;2*1H;/q-1;;;;;+2/p-2. The number of anilines is 2. The van der Waals surface area contributed by atoms with Gasteiger partial charge in [0, 0.05) is 24.5 Å². The zero-order valence-corrected chi connectivity index (χ0v) is 30.7. The van der Waals surface area contributed by atoms with Crippen LogP contribution in [0.1, 0.15) is 63.9 Å². The fourth-order valence-corrected chi connectivity index (χ4v) is 8.74. The number of carbonyl (C=O) groups excluding carboxylic acids is 1. The summed E-state index contributed by atoms with van der Waals surface area (Å²) in [5, 5.41) is 0. The van der Waals surface area contributed by atoms with Crippen LogP contribution in [0.15, 0.2) is 84.9 Å². The van der Waals surface area contributed by atoms with E-state index in [0.29, 0.717) is 0 Å². The Morgan fingerprint density at radius 3 is 1.49 bits per heavy atom. The normalized spacial score (nSPS) is 13.8. The van der Waals surface area contributed by atoms with Gasteiger partial charge in [-0.3, -0.25) is 0 Å². The topological polar surface area (TPSA) is 23.6 Å². The molecule has 0 aromatic heterocycles. The third kappa shape index (κ3) is 8.61. The first-order valence-corrected chi connectivity index (χ1v) is 20.5. The van der Waals surface area contributed by atoms with Gasteiger partial charge in [-0.25, -0.2) is 0 Å². The Hall–Kier alpha value is -3.04. The zero-order chi connectivity index (χ0) is 32.8. The number of aryl methyl sites for hydroxylation is 6. The van der Waals surface area contributed by atoms with Crippen LogP contribution >= 0.6 is 19.4 Å². The SMILES string of the molecule is CC(C)=O.Cc1cc(C)c(N2[CH-]N(c3c(C)cc(C)cc3C)CC2)c(C)c1.[Cl][Ru]([Cl])=[C]1C=C(c2ccccc2)c2ccccc21. The fourth-order valence-electron chi connectivity index (χ4n) is 6.26. The third-order valence-corrected chi connectivity index (χ3v) is 10.8. The summed E-state index contributed by atoms with van der Waals surface area (Å²) in [6.45, 7) is 20.6. The van der Waals surface area contributed by atoms with Crippen LogP contribution in [0.2, 0.25) is 0 Å². The molecule has 238 valence electrons. The van der Waals surface area contributed by atoms with E-state index in [1.165, 1.54) is 80.9 Å². The molecule has 4 aromatic carbocycles. The molecule has 1 aliphatic heterocycles. The molecule has 6 heteroatoms. The Morgan fingerprint density at radius 1 is 0.667 bits per heavy atom. The van der Waals surface area contributed by atoms with E-state index in [1.54, 1.807) is 0 Å². The second-order valence-corrected chi connectivity index (χ2v) is 17.7. The van der Waals surface area contributed by atoms with Gasteiger partial charge in [-0.15, -0.1) is 0 Å². The summed E-state index contributed by atoms with van der Waals surface area (Å²) in [7, 11) is 12.4. The van der Waals surface area contributed by atoms with E-state index in [0.717, 1.165) is 17.2 Å². The number of Topliss-reactive ketones (excluding diaryl/α,β-unsaturated/α-hetero) is 1. The molecule has 1 fully saturated rings. The van der Waals surface area contributed by atoms with Crippen LogP contribution in [0.25, 0.3) is 5.57 Å². The van der Waals surface area contributed by atoms with Gasteiger partial charge in [0.15, 0.2) is 0 Å². The summed E-state index contributed by atoms with van der Waals surface area (Å²) < 4.78 is 1.12. The minimum absolute atomic E-state index is 0.167. The molecule has 2 aliphatic rings. The predicted octanol–water partition coefficient (Wildman–Crippen LogP) is 10.2. The molecule has 0 radical (unpaired) electrons. The number of rotatable bonds is 3. The van der Waals surface area contributed by atoms with Gasteiger partial charge < -0.3 is 14.6 Å². The number of allylic oxidation sites excluding steroid dienone is 1. The van der Waals surface area contributed by atoms with Crippen molar-refractivity contribution in [1.29, 1.82) is 0 Å². The van der Waals surface area contributed by atoms with E-state index in [1.807, 2.05) is 24.3 Å². The van der Waals surface area contributed by atoms with Crippen LogP contribution in [-0.2, 0) is 18.3 Å².